The van der Waals surface area contributed by atoms with Crippen molar-refractivity contribution in [2.45, 2.75) is 52.1 Å². The van der Waals surface area contributed by atoms with Gasteiger partial charge in [0.25, 0.3) is 0 Å². The van der Waals surface area contributed by atoms with Gasteiger partial charge in [-0.2, -0.15) is 0 Å². The topological polar surface area (TPSA) is 75.6 Å². The Bertz CT molecular complexity index is 587. The predicted octanol–water partition coefficient (Wildman–Crippen LogP) is 2.95. The molecule has 5 heteroatoms. The summed E-state index contributed by atoms with van der Waals surface area (Å²) in [5, 5.41) is 12.1. The van der Waals surface area contributed by atoms with Gasteiger partial charge >= 0.3 is 5.97 Å². The van der Waals surface area contributed by atoms with Crippen molar-refractivity contribution in [3.8, 4) is 0 Å². The van der Waals surface area contributed by atoms with E-state index in [0.29, 0.717) is 12.3 Å². The van der Waals surface area contributed by atoms with Gasteiger partial charge in [0.05, 0.1) is 12.0 Å². The Morgan fingerprint density at radius 1 is 1.32 bits per heavy atom. The number of carboxylic acid groups (broad SMARTS) is 1. The van der Waals surface area contributed by atoms with Crippen LogP contribution in [-0.4, -0.2) is 36.2 Å². The Balaban J connectivity index is 1.78. The number of hydrogen-bond acceptors (Lipinski definition) is 3. The predicted molar refractivity (Wildman–Crippen MR) is 96.4 cm³/mol. The summed E-state index contributed by atoms with van der Waals surface area (Å²) in [7, 11) is 0. The number of ether oxygens (including phenoxy) is 1. The van der Waals surface area contributed by atoms with Gasteiger partial charge in [-0.3, -0.25) is 9.59 Å². The second kappa shape index (κ2) is 9.56. The largest absolute Gasteiger partial charge is 0.481 e. The van der Waals surface area contributed by atoms with Crippen LogP contribution < -0.4 is 5.32 Å². The third kappa shape index (κ3) is 6.50. The Labute approximate surface area is 149 Å². The normalized spacial score (nSPS) is 21.5. The summed E-state index contributed by atoms with van der Waals surface area (Å²) in [6.45, 7) is 4.26. The van der Waals surface area contributed by atoms with Crippen LogP contribution in [0, 0.1) is 18.8 Å². The highest BCUT2D eigenvalue weighted by Crippen LogP contribution is 2.26. The molecule has 0 bridgehead atoms. The van der Waals surface area contributed by atoms with Crippen LogP contribution in [0.4, 0.5) is 0 Å². The van der Waals surface area contributed by atoms with Crippen molar-refractivity contribution in [1.29, 1.82) is 0 Å². The molecule has 1 aromatic rings. The molecule has 1 saturated carbocycles. The minimum Gasteiger partial charge on any atom is -0.481 e. The number of rotatable bonds is 8. The first-order valence-corrected chi connectivity index (χ1v) is 9.12. The Morgan fingerprint density at radius 3 is 2.76 bits per heavy atom. The Hall–Kier alpha value is -1.88. The molecule has 0 saturated heterocycles. The van der Waals surface area contributed by atoms with E-state index in [1.807, 2.05) is 31.2 Å². The smallest absolute Gasteiger partial charge is 0.308 e. The number of nitrogens with one attached hydrogen (secondary N) is 1. The summed E-state index contributed by atoms with van der Waals surface area (Å²) >= 11 is 0. The monoisotopic (exact) mass is 347 g/mol. The third-order valence-corrected chi connectivity index (χ3v) is 4.92. The maximum Gasteiger partial charge on any atom is 0.308 e. The molecule has 138 valence electrons. The van der Waals surface area contributed by atoms with Gasteiger partial charge < -0.3 is 15.2 Å². The molecule has 1 amide bonds. The van der Waals surface area contributed by atoms with Gasteiger partial charge in [0.15, 0.2) is 0 Å². The average molecular weight is 347 g/mol. The van der Waals surface area contributed by atoms with Crippen LogP contribution in [0.1, 0.15) is 43.7 Å². The van der Waals surface area contributed by atoms with Crippen LogP contribution in [0.2, 0.25) is 0 Å². The van der Waals surface area contributed by atoms with Crippen molar-refractivity contribution in [2.75, 3.05) is 13.2 Å². The third-order valence-electron chi connectivity index (χ3n) is 4.92. The number of amides is 1. The van der Waals surface area contributed by atoms with E-state index in [1.54, 1.807) is 0 Å². The highest BCUT2D eigenvalue weighted by molar-refractivity contribution is 5.78. The number of carboxylic acids is 1. The molecule has 0 radical (unpaired) electrons. The molecule has 0 aliphatic heterocycles. The average Bonchev–Trinajstić information content (AvgIpc) is 2.57. The molecular formula is C20H29NO4. The fourth-order valence-corrected chi connectivity index (χ4v) is 3.37. The van der Waals surface area contributed by atoms with Gasteiger partial charge in [0.2, 0.25) is 5.91 Å². The Morgan fingerprint density at radius 2 is 2.08 bits per heavy atom. The van der Waals surface area contributed by atoms with Gasteiger partial charge in [-0.1, -0.05) is 49.6 Å². The van der Waals surface area contributed by atoms with E-state index in [4.69, 9.17) is 4.74 Å². The second-order valence-electron chi connectivity index (χ2n) is 7.14. The lowest BCUT2D eigenvalue weighted by molar-refractivity contribution is -0.141. The molecule has 1 aliphatic carbocycles. The molecule has 3 unspecified atom stereocenters. The van der Waals surface area contributed by atoms with Crippen LogP contribution in [0.3, 0.4) is 0 Å². The molecule has 1 aliphatic rings. The minimum absolute atomic E-state index is 0.00574. The molecule has 0 aromatic heterocycles. The summed E-state index contributed by atoms with van der Waals surface area (Å²) in [6.07, 6.45) is 5.06. The maximum atomic E-state index is 12.0. The van der Waals surface area contributed by atoms with Crippen molar-refractivity contribution in [3.63, 3.8) is 0 Å². The lowest BCUT2D eigenvalue weighted by Crippen LogP contribution is -2.37. The number of carbonyl (C=O) groups excluding carboxylic acids is 1. The van der Waals surface area contributed by atoms with Gasteiger partial charge in [0.1, 0.15) is 6.61 Å². The molecule has 2 N–H and O–H groups in total. The van der Waals surface area contributed by atoms with Crippen molar-refractivity contribution >= 4 is 11.9 Å². The molecule has 0 heterocycles. The number of hydrogen-bond donors (Lipinski definition) is 2. The van der Waals surface area contributed by atoms with Gasteiger partial charge in [0, 0.05) is 6.54 Å². The summed E-state index contributed by atoms with van der Waals surface area (Å²) in [5.74, 6) is -1.30. The summed E-state index contributed by atoms with van der Waals surface area (Å²) in [6, 6.07) is 7.79. The first-order chi connectivity index (χ1) is 12.0. The molecular weight excluding hydrogens is 318 g/mol. The zero-order valence-corrected chi connectivity index (χ0v) is 15.2. The SMILES string of the molecule is Cc1cccc(CC(CNC(=O)COC2CCCCC2C)C(=O)O)c1. The number of aryl methyl sites for hydroxylation is 1. The summed E-state index contributed by atoms with van der Waals surface area (Å²) < 4.78 is 5.72. The number of benzene rings is 1. The maximum absolute atomic E-state index is 12.0. The molecule has 1 fully saturated rings. The first kappa shape index (κ1) is 19.4. The first-order valence-electron chi connectivity index (χ1n) is 9.12. The standard InChI is InChI=1S/C20H29NO4/c1-14-6-5-8-16(10-14)11-17(20(23)24)12-21-19(22)13-25-18-9-4-3-7-15(18)2/h5-6,8,10,15,17-18H,3-4,7,9,11-13H2,1-2H3,(H,21,22)(H,23,24). The second-order valence-corrected chi connectivity index (χ2v) is 7.14. The Kier molecular flexibility index (Phi) is 7.44. The highest BCUT2D eigenvalue weighted by Gasteiger charge is 2.23. The fraction of sp³-hybridized carbons (Fsp3) is 0.600. The molecule has 5 nitrogen and oxygen atoms in total. The molecule has 2 rings (SSSR count). The van der Waals surface area contributed by atoms with Crippen LogP contribution >= 0.6 is 0 Å². The molecule has 0 spiro atoms. The zero-order valence-electron chi connectivity index (χ0n) is 15.2. The minimum atomic E-state index is -0.899. The molecule has 25 heavy (non-hydrogen) atoms. The molecule has 1 aromatic carbocycles. The van der Waals surface area contributed by atoms with Crippen molar-refractivity contribution in [3.05, 3.63) is 35.4 Å². The molecule has 3 atom stereocenters. The zero-order chi connectivity index (χ0) is 18.2. The highest BCUT2D eigenvalue weighted by atomic mass is 16.5. The van der Waals surface area contributed by atoms with Gasteiger partial charge in [-0.25, -0.2) is 0 Å². The van der Waals surface area contributed by atoms with Gasteiger partial charge in [-0.15, -0.1) is 0 Å². The van der Waals surface area contributed by atoms with E-state index in [1.165, 1.54) is 6.42 Å². The van der Waals surface area contributed by atoms with E-state index in [0.717, 1.165) is 30.4 Å². The van der Waals surface area contributed by atoms with Crippen LogP contribution in [0.25, 0.3) is 0 Å². The summed E-state index contributed by atoms with van der Waals surface area (Å²) in [5.41, 5.74) is 2.06. The van der Waals surface area contributed by atoms with Crippen LogP contribution in [-0.2, 0) is 20.7 Å². The van der Waals surface area contributed by atoms with E-state index in [9.17, 15) is 14.7 Å². The van der Waals surface area contributed by atoms with E-state index < -0.39 is 11.9 Å². The van der Waals surface area contributed by atoms with E-state index in [-0.39, 0.29) is 25.2 Å². The van der Waals surface area contributed by atoms with Gasteiger partial charge in [-0.05, 0) is 37.7 Å². The van der Waals surface area contributed by atoms with Crippen molar-refractivity contribution in [1.82, 2.24) is 5.32 Å². The van der Waals surface area contributed by atoms with Crippen LogP contribution in [0.15, 0.2) is 24.3 Å². The van der Waals surface area contributed by atoms with Crippen LogP contribution in [0.5, 0.6) is 0 Å². The summed E-state index contributed by atoms with van der Waals surface area (Å²) in [4.78, 5) is 23.5. The van der Waals surface area contributed by atoms with E-state index in [2.05, 4.69) is 12.2 Å². The van der Waals surface area contributed by atoms with E-state index >= 15 is 0 Å². The quantitative estimate of drug-likeness (QED) is 0.758. The number of carbonyl (C=O) groups is 2. The van der Waals surface area contributed by atoms with Crippen molar-refractivity contribution in [2.24, 2.45) is 11.8 Å². The number of aliphatic carboxylic acids is 1. The lowest BCUT2D eigenvalue weighted by atomic mass is 9.88. The fourth-order valence-electron chi connectivity index (χ4n) is 3.37. The lowest BCUT2D eigenvalue weighted by Gasteiger charge is -2.28. The van der Waals surface area contributed by atoms with Crippen molar-refractivity contribution < 1.29 is 19.4 Å².